The van der Waals surface area contributed by atoms with Crippen LogP contribution in [-0.2, 0) is 21.0 Å². The number of hydrogen-bond acceptors (Lipinski definition) is 3. The Kier molecular flexibility index (Phi) is 6.51. The van der Waals surface area contributed by atoms with Crippen molar-refractivity contribution in [1.82, 2.24) is 4.72 Å². The lowest BCUT2D eigenvalue weighted by Crippen LogP contribution is -2.42. The number of hydrogen-bond donors (Lipinski definition) is 2. The molecule has 0 bridgehead atoms. The lowest BCUT2D eigenvalue weighted by atomic mass is 9.86. The predicted octanol–water partition coefficient (Wildman–Crippen LogP) is 3.67. The average molecular weight is 410 g/mol. The van der Waals surface area contributed by atoms with Crippen LogP contribution in [0.25, 0.3) is 0 Å². The van der Waals surface area contributed by atoms with Crippen LogP contribution < -0.4 is 10.0 Å². The third-order valence-electron chi connectivity index (χ3n) is 4.59. The number of alkyl halides is 3. The number of benzene rings is 1. The van der Waals surface area contributed by atoms with Gasteiger partial charge in [0.2, 0.25) is 15.9 Å². The average Bonchev–Trinajstić information content (AvgIpc) is 2.55. The minimum Gasteiger partial charge on any atom is -0.326 e. The normalized spacial score (nSPS) is 21.3. The molecule has 1 aliphatic carbocycles. The van der Waals surface area contributed by atoms with Gasteiger partial charge in [0.05, 0.1) is 10.8 Å². The van der Waals surface area contributed by atoms with Gasteiger partial charge in [-0.2, -0.15) is 13.2 Å². The van der Waals surface area contributed by atoms with E-state index in [1.165, 1.54) is 0 Å². The molecule has 1 aromatic rings. The van der Waals surface area contributed by atoms with Gasteiger partial charge in [0.15, 0.2) is 0 Å². The third-order valence-corrected chi connectivity index (χ3v) is 6.49. The summed E-state index contributed by atoms with van der Waals surface area (Å²) < 4.78 is 77.9. The molecule has 0 atom stereocenters. The molecule has 2 N–H and O–H groups in total. The SMILES string of the molecule is CC(C)S(=O)(=O)NC1CCC(C(=O)Nc2ccc(F)c(C(F)(F)F)c2)CC1. The van der Waals surface area contributed by atoms with E-state index in [1.807, 2.05) is 0 Å². The van der Waals surface area contributed by atoms with E-state index in [0.717, 1.165) is 6.07 Å². The van der Waals surface area contributed by atoms with Crippen molar-refractivity contribution in [3.63, 3.8) is 0 Å². The van der Waals surface area contributed by atoms with Gasteiger partial charge in [-0.25, -0.2) is 17.5 Å². The summed E-state index contributed by atoms with van der Waals surface area (Å²) in [5.74, 6) is -2.30. The number of carbonyl (C=O) groups is 1. The molecule has 0 saturated heterocycles. The number of rotatable bonds is 5. The Bertz CT molecular complexity index is 786. The summed E-state index contributed by atoms with van der Waals surface area (Å²) in [6.45, 7) is 3.14. The standard InChI is InChI=1S/C17H22F4N2O3S/c1-10(2)27(25,26)23-12-5-3-11(4-6-12)16(24)22-13-7-8-15(18)14(9-13)17(19,20)21/h7-12,23H,3-6H2,1-2H3,(H,22,24). The second-order valence-electron chi connectivity index (χ2n) is 6.94. The molecular weight excluding hydrogens is 388 g/mol. The molecule has 1 aromatic carbocycles. The van der Waals surface area contributed by atoms with Gasteiger partial charge in [0.25, 0.3) is 0 Å². The van der Waals surface area contributed by atoms with Gasteiger partial charge in [-0.3, -0.25) is 4.79 Å². The molecule has 1 fully saturated rings. The zero-order valence-corrected chi connectivity index (χ0v) is 15.8. The molecule has 0 aromatic heterocycles. The number of nitrogens with one attached hydrogen (secondary N) is 2. The summed E-state index contributed by atoms with van der Waals surface area (Å²) in [5, 5.41) is 1.83. The first-order valence-corrected chi connectivity index (χ1v) is 10.1. The van der Waals surface area contributed by atoms with E-state index >= 15 is 0 Å². The van der Waals surface area contributed by atoms with Crippen LogP contribution in [0.5, 0.6) is 0 Å². The van der Waals surface area contributed by atoms with Crippen LogP contribution in [-0.4, -0.2) is 25.6 Å². The van der Waals surface area contributed by atoms with Crippen molar-refractivity contribution in [1.29, 1.82) is 0 Å². The van der Waals surface area contributed by atoms with Crippen LogP contribution in [0, 0.1) is 11.7 Å². The summed E-state index contributed by atoms with van der Waals surface area (Å²) in [5.41, 5.74) is -1.57. The highest BCUT2D eigenvalue weighted by molar-refractivity contribution is 7.90. The lowest BCUT2D eigenvalue weighted by Gasteiger charge is -2.28. The van der Waals surface area contributed by atoms with E-state index < -0.39 is 44.7 Å². The molecule has 0 heterocycles. The van der Waals surface area contributed by atoms with E-state index in [1.54, 1.807) is 13.8 Å². The topological polar surface area (TPSA) is 75.3 Å². The second kappa shape index (κ2) is 8.14. The zero-order chi connectivity index (χ0) is 20.4. The second-order valence-corrected chi connectivity index (χ2v) is 9.21. The summed E-state index contributed by atoms with van der Waals surface area (Å²) in [4.78, 5) is 12.3. The summed E-state index contributed by atoms with van der Waals surface area (Å²) in [6, 6.07) is 2.04. The minimum atomic E-state index is -4.85. The fourth-order valence-electron chi connectivity index (χ4n) is 2.91. The maximum Gasteiger partial charge on any atom is 0.419 e. The molecule has 0 radical (unpaired) electrons. The Balaban J connectivity index is 1.95. The molecule has 1 amide bonds. The molecule has 2 rings (SSSR count). The first kappa shape index (κ1) is 21.6. The fourth-order valence-corrected chi connectivity index (χ4v) is 3.88. The van der Waals surface area contributed by atoms with Crippen LogP contribution in [0.3, 0.4) is 0 Å². The van der Waals surface area contributed by atoms with Crippen LogP contribution in [0.15, 0.2) is 18.2 Å². The van der Waals surface area contributed by atoms with Gasteiger partial charge in [-0.1, -0.05) is 0 Å². The summed E-state index contributed by atoms with van der Waals surface area (Å²) >= 11 is 0. The van der Waals surface area contributed by atoms with Crippen LogP contribution in [0.4, 0.5) is 23.2 Å². The highest BCUT2D eigenvalue weighted by Crippen LogP contribution is 2.33. The van der Waals surface area contributed by atoms with E-state index in [0.29, 0.717) is 37.8 Å². The van der Waals surface area contributed by atoms with Crippen molar-refractivity contribution >= 4 is 21.6 Å². The van der Waals surface area contributed by atoms with Gasteiger partial charge in [0, 0.05) is 17.6 Å². The quantitative estimate of drug-likeness (QED) is 0.728. The van der Waals surface area contributed by atoms with E-state index in [9.17, 15) is 30.8 Å². The molecular formula is C17H22F4N2O3S. The highest BCUT2D eigenvalue weighted by Gasteiger charge is 2.35. The Morgan fingerprint density at radius 1 is 1.15 bits per heavy atom. The Morgan fingerprint density at radius 3 is 2.26 bits per heavy atom. The summed E-state index contributed by atoms with van der Waals surface area (Å²) in [7, 11) is -3.40. The van der Waals surface area contributed by atoms with Crippen molar-refractivity contribution in [2.45, 2.75) is 57.0 Å². The van der Waals surface area contributed by atoms with Gasteiger partial charge in [-0.05, 0) is 57.7 Å². The van der Waals surface area contributed by atoms with Crippen molar-refractivity contribution in [3.05, 3.63) is 29.6 Å². The number of sulfonamides is 1. The Morgan fingerprint density at radius 2 is 1.74 bits per heavy atom. The monoisotopic (exact) mass is 410 g/mol. The fraction of sp³-hybridized carbons (Fsp3) is 0.588. The molecule has 0 spiro atoms. The van der Waals surface area contributed by atoms with Crippen molar-refractivity contribution < 1.29 is 30.8 Å². The van der Waals surface area contributed by atoms with Gasteiger partial charge >= 0.3 is 6.18 Å². The number of anilines is 1. The van der Waals surface area contributed by atoms with Crippen LogP contribution in [0.2, 0.25) is 0 Å². The van der Waals surface area contributed by atoms with Crippen molar-refractivity contribution in [2.24, 2.45) is 5.92 Å². The molecule has 1 saturated carbocycles. The van der Waals surface area contributed by atoms with E-state index in [4.69, 9.17) is 0 Å². The maximum atomic E-state index is 13.3. The number of amides is 1. The maximum absolute atomic E-state index is 13.3. The molecule has 27 heavy (non-hydrogen) atoms. The minimum absolute atomic E-state index is 0.128. The molecule has 0 unspecified atom stereocenters. The van der Waals surface area contributed by atoms with Crippen molar-refractivity contribution in [3.8, 4) is 0 Å². The van der Waals surface area contributed by atoms with E-state index in [-0.39, 0.29) is 11.7 Å². The Hall–Kier alpha value is -1.68. The Labute approximate surface area is 155 Å². The van der Waals surface area contributed by atoms with E-state index in [2.05, 4.69) is 10.0 Å². The predicted molar refractivity (Wildman–Crippen MR) is 93.0 cm³/mol. The van der Waals surface area contributed by atoms with Crippen LogP contribution in [0.1, 0.15) is 45.1 Å². The van der Waals surface area contributed by atoms with Crippen molar-refractivity contribution in [2.75, 3.05) is 5.32 Å². The highest BCUT2D eigenvalue weighted by atomic mass is 32.2. The van der Waals surface area contributed by atoms with Gasteiger partial charge in [0.1, 0.15) is 5.82 Å². The first-order valence-electron chi connectivity index (χ1n) is 8.59. The van der Waals surface area contributed by atoms with Gasteiger partial charge in [-0.15, -0.1) is 0 Å². The molecule has 5 nitrogen and oxygen atoms in total. The number of halogens is 4. The molecule has 0 aliphatic heterocycles. The zero-order valence-electron chi connectivity index (χ0n) is 14.9. The molecule has 152 valence electrons. The molecule has 1 aliphatic rings. The smallest absolute Gasteiger partial charge is 0.326 e. The largest absolute Gasteiger partial charge is 0.419 e. The third kappa shape index (κ3) is 5.65. The van der Waals surface area contributed by atoms with Gasteiger partial charge < -0.3 is 5.32 Å². The summed E-state index contributed by atoms with van der Waals surface area (Å²) in [6.07, 6.45) is -3.12. The lowest BCUT2D eigenvalue weighted by molar-refractivity contribution is -0.140. The number of carbonyl (C=O) groups excluding carboxylic acids is 1. The molecule has 10 heteroatoms. The van der Waals surface area contributed by atoms with Crippen LogP contribution >= 0.6 is 0 Å². The first-order chi connectivity index (χ1) is 12.4.